The molecule has 3 nitrogen and oxygen atoms in total. The number of hydrogen-bond donors (Lipinski definition) is 1. The molecule has 0 aliphatic heterocycles. The van der Waals surface area contributed by atoms with Crippen molar-refractivity contribution in [1.29, 1.82) is 0 Å². The van der Waals surface area contributed by atoms with Crippen LogP contribution in [0.3, 0.4) is 0 Å². The Balaban J connectivity index is 2.50. The minimum atomic E-state index is 0.900. The summed E-state index contributed by atoms with van der Waals surface area (Å²) in [6.07, 6.45) is 1.95. The number of nitrogens with zero attached hydrogens (tertiary/aromatic N) is 2. The molecule has 2 aromatic rings. The van der Waals surface area contributed by atoms with Gasteiger partial charge in [0.15, 0.2) is 0 Å². The highest BCUT2D eigenvalue weighted by atomic mass is 79.9. The maximum Gasteiger partial charge on any atom is 0.0674 e. The van der Waals surface area contributed by atoms with E-state index < -0.39 is 0 Å². The van der Waals surface area contributed by atoms with Crippen LogP contribution in [0.2, 0.25) is 0 Å². The molecule has 0 unspecified atom stereocenters. The van der Waals surface area contributed by atoms with Gasteiger partial charge in [0.05, 0.1) is 11.4 Å². The molecule has 4 heteroatoms. The van der Waals surface area contributed by atoms with Gasteiger partial charge in [-0.1, -0.05) is 42.8 Å². The highest BCUT2D eigenvalue weighted by Crippen LogP contribution is 2.22. The molecule has 0 atom stereocenters. The number of halogens is 1. The summed E-state index contributed by atoms with van der Waals surface area (Å²) in [5.41, 5.74) is 4.98. The van der Waals surface area contributed by atoms with E-state index in [-0.39, 0.29) is 0 Å². The Morgan fingerprint density at radius 3 is 2.60 bits per heavy atom. The van der Waals surface area contributed by atoms with Gasteiger partial charge in [-0.05, 0) is 37.6 Å². The van der Waals surface area contributed by atoms with Gasteiger partial charge in [-0.15, -0.1) is 0 Å². The molecule has 0 saturated carbocycles. The van der Waals surface area contributed by atoms with Crippen molar-refractivity contribution in [2.24, 2.45) is 0 Å². The normalized spacial score (nSPS) is 11.0. The van der Waals surface area contributed by atoms with Crippen LogP contribution in [0.1, 0.15) is 37.7 Å². The zero-order valence-corrected chi connectivity index (χ0v) is 14.0. The fourth-order valence-corrected chi connectivity index (χ4v) is 2.85. The summed E-state index contributed by atoms with van der Waals surface area (Å²) in [6, 6.07) is 8.31. The number of benzene rings is 1. The predicted molar refractivity (Wildman–Crippen MR) is 87.4 cm³/mol. The molecule has 0 amide bonds. The number of hydrogen-bond acceptors (Lipinski definition) is 2. The Labute approximate surface area is 129 Å². The Bertz CT molecular complexity index is 575. The van der Waals surface area contributed by atoms with E-state index in [0.717, 1.165) is 36.1 Å². The Morgan fingerprint density at radius 1 is 1.20 bits per heavy atom. The lowest BCUT2D eigenvalue weighted by Gasteiger charge is -2.08. The van der Waals surface area contributed by atoms with Crippen LogP contribution in [-0.4, -0.2) is 16.3 Å². The van der Waals surface area contributed by atoms with Gasteiger partial charge in [-0.2, -0.15) is 5.10 Å². The van der Waals surface area contributed by atoms with Crippen molar-refractivity contribution >= 4 is 15.9 Å². The van der Waals surface area contributed by atoms with Gasteiger partial charge in [-0.3, -0.25) is 0 Å². The van der Waals surface area contributed by atoms with Gasteiger partial charge in [0, 0.05) is 22.3 Å². The maximum absolute atomic E-state index is 4.82. The van der Waals surface area contributed by atoms with Gasteiger partial charge in [-0.25, -0.2) is 4.68 Å². The van der Waals surface area contributed by atoms with E-state index >= 15 is 0 Å². The minimum Gasteiger partial charge on any atom is -0.313 e. The highest BCUT2D eigenvalue weighted by molar-refractivity contribution is 9.10. The summed E-state index contributed by atoms with van der Waals surface area (Å²) < 4.78 is 3.18. The highest BCUT2D eigenvalue weighted by Gasteiger charge is 2.16. The predicted octanol–water partition coefficient (Wildman–Crippen LogP) is 3.87. The first kappa shape index (κ1) is 15.3. The summed E-state index contributed by atoms with van der Waals surface area (Å²) in [4.78, 5) is 0. The first-order valence-electron chi connectivity index (χ1n) is 7.27. The molecule has 0 radical (unpaired) electrons. The molecule has 0 fully saturated rings. The van der Waals surface area contributed by atoms with Crippen LogP contribution in [0.25, 0.3) is 5.69 Å². The summed E-state index contributed by atoms with van der Waals surface area (Å²) >= 11 is 3.54. The summed E-state index contributed by atoms with van der Waals surface area (Å²) in [7, 11) is 0. The first-order valence-corrected chi connectivity index (χ1v) is 8.06. The third kappa shape index (κ3) is 3.13. The molecule has 0 bridgehead atoms. The van der Waals surface area contributed by atoms with Crippen LogP contribution >= 0.6 is 15.9 Å². The molecule has 1 heterocycles. The molecule has 2 rings (SSSR count). The Morgan fingerprint density at radius 2 is 2.00 bits per heavy atom. The van der Waals surface area contributed by atoms with Crippen molar-refractivity contribution in [3.8, 4) is 5.69 Å². The van der Waals surface area contributed by atoms with Crippen molar-refractivity contribution in [3.63, 3.8) is 0 Å². The molecule has 108 valence electrons. The average molecular weight is 336 g/mol. The van der Waals surface area contributed by atoms with Gasteiger partial charge in [0.1, 0.15) is 0 Å². The maximum atomic E-state index is 4.82. The van der Waals surface area contributed by atoms with Gasteiger partial charge >= 0.3 is 0 Å². The summed E-state index contributed by atoms with van der Waals surface area (Å²) in [5.74, 6) is 0. The quantitative estimate of drug-likeness (QED) is 0.868. The second-order valence-electron chi connectivity index (χ2n) is 4.75. The molecular formula is C16H22BrN3. The lowest BCUT2D eigenvalue weighted by molar-refractivity contribution is 0.712. The Hall–Kier alpha value is -1.13. The van der Waals surface area contributed by atoms with E-state index in [0.29, 0.717) is 0 Å². The van der Waals surface area contributed by atoms with Crippen molar-refractivity contribution in [1.82, 2.24) is 15.1 Å². The molecule has 0 spiro atoms. The lowest BCUT2D eigenvalue weighted by Crippen LogP contribution is -2.14. The van der Waals surface area contributed by atoms with Gasteiger partial charge < -0.3 is 5.32 Å². The monoisotopic (exact) mass is 335 g/mol. The second kappa shape index (κ2) is 7.04. The van der Waals surface area contributed by atoms with E-state index in [1.54, 1.807) is 0 Å². The number of aromatic nitrogens is 2. The number of nitrogens with one attached hydrogen (secondary N) is 1. The van der Waals surface area contributed by atoms with Crippen molar-refractivity contribution in [3.05, 3.63) is 45.7 Å². The number of rotatable bonds is 6. The SMILES string of the molecule is CCNCc1c(CC)nn(-c2cccc(Br)c2)c1CC. The summed E-state index contributed by atoms with van der Waals surface area (Å²) in [6.45, 7) is 8.38. The van der Waals surface area contributed by atoms with Crippen LogP contribution < -0.4 is 5.32 Å². The molecule has 1 aromatic carbocycles. The van der Waals surface area contributed by atoms with Gasteiger partial charge in [0.25, 0.3) is 0 Å². The lowest BCUT2D eigenvalue weighted by atomic mass is 10.1. The molecule has 0 aliphatic rings. The third-order valence-electron chi connectivity index (χ3n) is 3.45. The smallest absolute Gasteiger partial charge is 0.0674 e. The molecular weight excluding hydrogens is 314 g/mol. The minimum absolute atomic E-state index is 0.900. The molecule has 1 N–H and O–H groups in total. The van der Waals surface area contributed by atoms with E-state index in [9.17, 15) is 0 Å². The molecule has 20 heavy (non-hydrogen) atoms. The van der Waals surface area contributed by atoms with E-state index in [2.05, 4.69) is 64.9 Å². The van der Waals surface area contributed by atoms with Crippen LogP contribution in [0.5, 0.6) is 0 Å². The standard InChI is InChI=1S/C16H22BrN3/c1-4-15-14(11-18-6-3)16(5-2)20(19-15)13-9-7-8-12(17)10-13/h7-10,18H,4-6,11H2,1-3H3. The molecule has 0 aliphatic carbocycles. The third-order valence-corrected chi connectivity index (χ3v) is 3.94. The molecule has 0 saturated heterocycles. The van der Waals surface area contributed by atoms with E-state index in [1.807, 2.05) is 6.07 Å². The van der Waals surface area contributed by atoms with Crippen LogP contribution in [0, 0.1) is 0 Å². The van der Waals surface area contributed by atoms with Crippen molar-refractivity contribution in [2.45, 2.75) is 40.2 Å². The van der Waals surface area contributed by atoms with Gasteiger partial charge in [0.2, 0.25) is 0 Å². The molecule has 1 aromatic heterocycles. The average Bonchev–Trinajstić information content (AvgIpc) is 2.82. The van der Waals surface area contributed by atoms with Crippen LogP contribution in [-0.2, 0) is 19.4 Å². The van der Waals surface area contributed by atoms with E-state index in [4.69, 9.17) is 5.10 Å². The van der Waals surface area contributed by atoms with Crippen LogP contribution in [0.15, 0.2) is 28.7 Å². The largest absolute Gasteiger partial charge is 0.313 e. The first-order chi connectivity index (χ1) is 9.71. The second-order valence-corrected chi connectivity index (χ2v) is 5.67. The zero-order valence-electron chi connectivity index (χ0n) is 12.4. The fourth-order valence-electron chi connectivity index (χ4n) is 2.46. The topological polar surface area (TPSA) is 29.9 Å². The van der Waals surface area contributed by atoms with Crippen molar-refractivity contribution < 1.29 is 0 Å². The fraction of sp³-hybridized carbons (Fsp3) is 0.438. The summed E-state index contributed by atoms with van der Waals surface area (Å²) in [5, 5.41) is 8.25. The van der Waals surface area contributed by atoms with E-state index in [1.165, 1.54) is 17.0 Å². The zero-order chi connectivity index (χ0) is 14.5. The van der Waals surface area contributed by atoms with Crippen LogP contribution in [0.4, 0.5) is 0 Å². The Kier molecular flexibility index (Phi) is 5.38. The number of aryl methyl sites for hydroxylation is 1. The van der Waals surface area contributed by atoms with Crippen molar-refractivity contribution in [2.75, 3.05) is 6.54 Å².